The Labute approximate surface area is 125 Å². The quantitative estimate of drug-likeness (QED) is 0.836. The van der Waals surface area contributed by atoms with Crippen LogP contribution in [-0.4, -0.2) is 47.9 Å². The first-order chi connectivity index (χ1) is 10.1. The average Bonchev–Trinajstić information content (AvgIpc) is 3.08. The predicted octanol–water partition coefficient (Wildman–Crippen LogP) is 2.83. The first-order valence-electron chi connectivity index (χ1n) is 7.85. The van der Waals surface area contributed by atoms with E-state index in [0.29, 0.717) is 6.04 Å². The van der Waals surface area contributed by atoms with Gasteiger partial charge in [-0.05, 0) is 58.3 Å². The molecule has 3 rings (SSSR count). The highest BCUT2D eigenvalue weighted by Crippen LogP contribution is 2.30. The molecule has 2 aliphatic heterocycles. The van der Waals surface area contributed by atoms with Crippen LogP contribution in [0.1, 0.15) is 41.6 Å². The third-order valence-electron chi connectivity index (χ3n) is 4.93. The molecule has 3 nitrogen and oxygen atoms in total. The molecule has 2 saturated heterocycles. The lowest BCUT2D eigenvalue weighted by Gasteiger charge is -2.33. The molecule has 4 heteroatoms. The number of hydrogen-bond acceptors (Lipinski definition) is 2. The molecule has 2 atom stereocenters. The summed E-state index contributed by atoms with van der Waals surface area (Å²) in [6.45, 7) is 3.74. The molecule has 0 bridgehead atoms. The van der Waals surface area contributed by atoms with E-state index in [9.17, 15) is 9.18 Å². The molecule has 0 aromatic heterocycles. The third kappa shape index (κ3) is 2.69. The first-order valence-corrected chi connectivity index (χ1v) is 7.85. The number of likely N-dealkylation sites (N-methyl/N-ethyl adjacent to an activating group) is 1. The summed E-state index contributed by atoms with van der Waals surface area (Å²) in [4.78, 5) is 17.0. The number of likely N-dealkylation sites (tertiary alicyclic amines) is 2. The van der Waals surface area contributed by atoms with Gasteiger partial charge < -0.3 is 9.80 Å². The summed E-state index contributed by atoms with van der Waals surface area (Å²) in [5, 5.41) is 0. The molecule has 114 valence electrons. The van der Waals surface area contributed by atoms with E-state index in [1.807, 2.05) is 11.8 Å². The molecule has 1 aromatic rings. The summed E-state index contributed by atoms with van der Waals surface area (Å²) in [5.41, 5.74) is 1.15. The van der Waals surface area contributed by atoms with E-state index in [2.05, 4.69) is 11.9 Å². The zero-order chi connectivity index (χ0) is 15.0. The van der Waals surface area contributed by atoms with Gasteiger partial charge in [0.25, 0.3) is 5.91 Å². The molecule has 0 N–H and O–H groups in total. The number of nitrogens with zero attached hydrogens (tertiary/aromatic N) is 2. The Morgan fingerprint density at radius 2 is 1.90 bits per heavy atom. The molecule has 0 aliphatic carbocycles. The van der Waals surface area contributed by atoms with Crippen molar-refractivity contribution in [2.75, 3.05) is 20.1 Å². The van der Waals surface area contributed by atoms with Crippen LogP contribution in [0.25, 0.3) is 0 Å². The average molecular weight is 290 g/mol. The maximum absolute atomic E-state index is 14.0. The van der Waals surface area contributed by atoms with Gasteiger partial charge in [-0.1, -0.05) is 11.6 Å². The normalized spacial score (nSPS) is 26.5. The van der Waals surface area contributed by atoms with Gasteiger partial charge in [-0.3, -0.25) is 4.79 Å². The lowest BCUT2D eigenvalue weighted by Crippen LogP contribution is -2.47. The molecule has 0 saturated carbocycles. The van der Waals surface area contributed by atoms with E-state index in [0.717, 1.165) is 37.9 Å². The fraction of sp³-hybridized carbons (Fsp3) is 0.588. The molecule has 2 fully saturated rings. The number of carbonyl (C=O) groups excluding carboxylic acids is 1. The van der Waals surface area contributed by atoms with Gasteiger partial charge in [0.15, 0.2) is 0 Å². The molecule has 0 radical (unpaired) electrons. The Hall–Kier alpha value is -1.42. The Bertz CT molecular complexity index is 546. The van der Waals surface area contributed by atoms with Crippen molar-refractivity contribution >= 4 is 5.91 Å². The number of amides is 1. The van der Waals surface area contributed by atoms with Gasteiger partial charge in [-0.2, -0.15) is 0 Å². The van der Waals surface area contributed by atoms with Crippen LogP contribution in [0, 0.1) is 12.7 Å². The minimum atomic E-state index is -0.406. The monoisotopic (exact) mass is 290 g/mol. The van der Waals surface area contributed by atoms with E-state index in [-0.39, 0.29) is 17.5 Å². The van der Waals surface area contributed by atoms with Crippen LogP contribution in [0.15, 0.2) is 18.2 Å². The van der Waals surface area contributed by atoms with Crippen LogP contribution in [0.3, 0.4) is 0 Å². The second-order valence-electron chi connectivity index (χ2n) is 6.38. The lowest BCUT2D eigenvalue weighted by molar-refractivity contribution is 0.0659. The van der Waals surface area contributed by atoms with E-state index in [4.69, 9.17) is 0 Å². The molecule has 21 heavy (non-hydrogen) atoms. The van der Waals surface area contributed by atoms with Gasteiger partial charge in [0.05, 0.1) is 5.56 Å². The van der Waals surface area contributed by atoms with Crippen molar-refractivity contribution in [1.82, 2.24) is 9.80 Å². The number of aryl methyl sites for hydroxylation is 1. The van der Waals surface area contributed by atoms with Gasteiger partial charge in [0, 0.05) is 18.6 Å². The largest absolute Gasteiger partial charge is 0.334 e. The molecule has 0 spiro atoms. The Balaban J connectivity index is 1.84. The minimum absolute atomic E-state index is 0.140. The second-order valence-corrected chi connectivity index (χ2v) is 6.38. The number of halogens is 1. The highest BCUT2D eigenvalue weighted by molar-refractivity contribution is 5.95. The van der Waals surface area contributed by atoms with E-state index in [1.165, 1.54) is 12.5 Å². The van der Waals surface area contributed by atoms with Crippen LogP contribution >= 0.6 is 0 Å². The molecular formula is C17H23FN2O. The maximum Gasteiger partial charge on any atom is 0.257 e. The highest BCUT2D eigenvalue weighted by atomic mass is 19.1. The topological polar surface area (TPSA) is 23.6 Å². The predicted molar refractivity (Wildman–Crippen MR) is 80.8 cm³/mol. The number of rotatable bonds is 2. The minimum Gasteiger partial charge on any atom is -0.334 e. The van der Waals surface area contributed by atoms with Gasteiger partial charge in [0.1, 0.15) is 5.82 Å². The summed E-state index contributed by atoms with van der Waals surface area (Å²) >= 11 is 0. The van der Waals surface area contributed by atoms with Crippen molar-refractivity contribution < 1.29 is 9.18 Å². The van der Waals surface area contributed by atoms with E-state index >= 15 is 0 Å². The van der Waals surface area contributed by atoms with Crippen LogP contribution in [-0.2, 0) is 0 Å². The summed E-state index contributed by atoms with van der Waals surface area (Å²) in [5.74, 6) is -0.546. The van der Waals surface area contributed by atoms with Crippen molar-refractivity contribution in [3.05, 3.63) is 35.1 Å². The molecule has 1 amide bonds. The van der Waals surface area contributed by atoms with E-state index in [1.54, 1.807) is 12.1 Å². The van der Waals surface area contributed by atoms with Crippen molar-refractivity contribution in [2.45, 2.75) is 44.7 Å². The fourth-order valence-electron chi connectivity index (χ4n) is 3.82. The van der Waals surface area contributed by atoms with Crippen LogP contribution in [0.4, 0.5) is 4.39 Å². The summed E-state index contributed by atoms with van der Waals surface area (Å²) in [6.07, 6.45) is 4.39. The second kappa shape index (κ2) is 5.76. The van der Waals surface area contributed by atoms with E-state index < -0.39 is 5.82 Å². The zero-order valence-electron chi connectivity index (χ0n) is 12.8. The van der Waals surface area contributed by atoms with Gasteiger partial charge in [-0.15, -0.1) is 0 Å². The molecule has 1 aromatic carbocycles. The van der Waals surface area contributed by atoms with Gasteiger partial charge in [0.2, 0.25) is 0 Å². The Kier molecular flexibility index (Phi) is 3.98. The van der Waals surface area contributed by atoms with Crippen LogP contribution in [0.5, 0.6) is 0 Å². The smallest absolute Gasteiger partial charge is 0.257 e. The third-order valence-corrected chi connectivity index (χ3v) is 4.93. The van der Waals surface area contributed by atoms with Crippen molar-refractivity contribution in [2.24, 2.45) is 0 Å². The molecule has 0 unspecified atom stereocenters. The lowest BCUT2D eigenvalue weighted by atomic mass is 10.0. The maximum atomic E-state index is 14.0. The summed E-state index contributed by atoms with van der Waals surface area (Å²) in [6, 6.07) is 5.45. The van der Waals surface area contributed by atoms with Crippen molar-refractivity contribution in [3.63, 3.8) is 0 Å². The standard InChI is InChI=1S/C17H23FN2O/c1-12-7-8-14(18)13(11-12)17(21)20-10-4-6-16(20)15-5-3-9-19(15)2/h7-8,11,15-16H,3-6,9-10H2,1-2H3/t15-,16-/m0/s1. The SMILES string of the molecule is Cc1ccc(F)c(C(=O)N2CCC[C@H]2[C@@H]2CCCN2C)c1. The van der Waals surface area contributed by atoms with Crippen molar-refractivity contribution in [1.29, 1.82) is 0 Å². The molecule has 2 aliphatic rings. The van der Waals surface area contributed by atoms with Crippen LogP contribution < -0.4 is 0 Å². The highest BCUT2D eigenvalue weighted by Gasteiger charge is 2.39. The van der Waals surface area contributed by atoms with Crippen LogP contribution in [0.2, 0.25) is 0 Å². The fourth-order valence-corrected chi connectivity index (χ4v) is 3.82. The number of hydrogen-bond donors (Lipinski definition) is 0. The number of carbonyl (C=O) groups is 1. The van der Waals surface area contributed by atoms with Crippen molar-refractivity contribution in [3.8, 4) is 0 Å². The Morgan fingerprint density at radius 1 is 1.19 bits per heavy atom. The molecule has 2 heterocycles. The summed E-state index contributed by atoms with van der Waals surface area (Å²) in [7, 11) is 2.13. The van der Waals surface area contributed by atoms with Gasteiger partial charge >= 0.3 is 0 Å². The molecular weight excluding hydrogens is 267 g/mol. The summed E-state index contributed by atoms with van der Waals surface area (Å²) < 4.78 is 14.0. The number of benzene rings is 1. The first kappa shape index (κ1) is 14.5. The zero-order valence-corrected chi connectivity index (χ0v) is 12.8. The van der Waals surface area contributed by atoms with Gasteiger partial charge in [-0.25, -0.2) is 4.39 Å². The Morgan fingerprint density at radius 3 is 2.62 bits per heavy atom.